The first kappa shape index (κ1) is 19.4. The number of anilines is 1. The predicted octanol–water partition coefficient (Wildman–Crippen LogP) is 3.23. The summed E-state index contributed by atoms with van der Waals surface area (Å²) < 4.78 is 5.62. The maximum atomic E-state index is 12.3. The second kappa shape index (κ2) is 9.53. The van der Waals surface area contributed by atoms with Crippen molar-refractivity contribution in [1.82, 2.24) is 9.80 Å². The SMILES string of the molecule is CC(C)Oc1ccc(NC(=O)CN2CCN(Cc3ccccc3)CC2)cc1. The summed E-state index contributed by atoms with van der Waals surface area (Å²) in [5, 5.41) is 2.97. The van der Waals surface area contributed by atoms with Gasteiger partial charge in [-0.1, -0.05) is 30.3 Å². The van der Waals surface area contributed by atoms with Crippen LogP contribution in [0.15, 0.2) is 54.6 Å². The van der Waals surface area contributed by atoms with Gasteiger partial charge in [0.15, 0.2) is 0 Å². The average molecular weight is 367 g/mol. The molecular weight excluding hydrogens is 338 g/mol. The molecule has 0 bridgehead atoms. The number of nitrogens with zero attached hydrogens (tertiary/aromatic N) is 2. The van der Waals surface area contributed by atoms with E-state index in [1.165, 1.54) is 5.56 Å². The zero-order chi connectivity index (χ0) is 19.1. The van der Waals surface area contributed by atoms with Gasteiger partial charge in [0.05, 0.1) is 12.6 Å². The van der Waals surface area contributed by atoms with Crippen molar-refractivity contribution in [3.8, 4) is 5.75 Å². The van der Waals surface area contributed by atoms with E-state index >= 15 is 0 Å². The predicted molar refractivity (Wildman–Crippen MR) is 109 cm³/mol. The fraction of sp³-hybridized carbons (Fsp3) is 0.409. The van der Waals surface area contributed by atoms with Crippen molar-refractivity contribution >= 4 is 11.6 Å². The molecule has 2 aromatic rings. The van der Waals surface area contributed by atoms with Gasteiger partial charge in [-0.2, -0.15) is 0 Å². The Morgan fingerprint density at radius 1 is 0.963 bits per heavy atom. The minimum absolute atomic E-state index is 0.0315. The molecule has 1 amide bonds. The lowest BCUT2D eigenvalue weighted by Gasteiger charge is -2.34. The first-order valence-electron chi connectivity index (χ1n) is 9.64. The molecule has 5 heteroatoms. The Morgan fingerprint density at radius 3 is 2.22 bits per heavy atom. The van der Waals surface area contributed by atoms with Gasteiger partial charge >= 0.3 is 0 Å². The molecule has 2 aromatic carbocycles. The molecular formula is C22H29N3O2. The first-order valence-corrected chi connectivity index (χ1v) is 9.64. The molecule has 1 aliphatic heterocycles. The van der Waals surface area contributed by atoms with Crippen LogP contribution in [0.5, 0.6) is 5.75 Å². The van der Waals surface area contributed by atoms with E-state index in [1.807, 2.05) is 44.2 Å². The maximum absolute atomic E-state index is 12.3. The van der Waals surface area contributed by atoms with E-state index in [2.05, 4.69) is 39.4 Å². The molecule has 1 heterocycles. The monoisotopic (exact) mass is 367 g/mol. The number of benzene rings is 2. The van der Waals surface area contributed by atoms with Crippen LogP contribution < -0.4 is 10.1 Å². The Bertz CT molecular complexity index is 708. The fourth-order valence-electron chi connectivity index (χ4n) is 3.24. The van der Waals surface area contributed by atoms with E-state index < -0.39 is 0 Å². The quantitative estimate of drug-likeness (QED) is 0.816. The first-order chi connectivity index (χ1) is 13.1. The van der Waals surface area contributed by atoms with Gasteiger partial charge in [0.25, 0.3) is 0 Å². The number of hydrogen-bond acceptors (Lipinski definition) is 4. The van der Waals surface area contributed by atoms with Crippen molar-refractivity contribution in [2.75, 3.05) is 38.0 Å². The molecule has 0 aromatic heterocycles. The topological polar surface area (TPSA) is 44.8 Å². The highest BCUT2D eigenvalue weighted by Gasteiger charge is 2.19. The van der Waals surface area contributed by atoms with Gasteiger partial charge in [-0.3, -0.25) is 14.6 Å². The van der Waals surface area contributed by atoms with Gasteiger partial charge in [-0.25, -0.2) is 0 Å². The highest BCUT2D eigenvalue weighted by Crippen LogP contribution is 2.17. The molecule has 1 fully saturated rings. The summed E-state index contributed by atoms with van der Waals surface area (Å²) in [4.78, 5) is 17.0. The third kappa shape index (κ3) is 6.38. The summed E-state index contributed by atoms with van der Waals surface area (Å²) in [5.41, 5.74) is 2.15. The van der Waals surface area contributed by atoms with Crippen LogP contribution in [-0.4, -0.2) is 54.5 Å². The van der Waals surface area contributed by atoms with Crippen LogP contribution in [0.1, 0.15) is 19.4 Å². The third-order valence-electron chi connectivity index (χ3n) is 4.59. The number of carbonyl (C=O) groups excluding carboxylic acids is 1. The molecule has 0 atom stereocenters. The summed E-state index contributed by atoms with van der Waals surface area (Å²) in [5.74, 6) is 0.849. The van der Waals surface area contributed by atoms with E-state index in [1.54, 1.807) is 0 Å². The lowest BCUT2D eigenvalue weighted by atomic mass is 10.2. The molecule has 5 nitrogen and oxygen atoms in total. The average Bonchev–Trinajstić information content (AvgIpc) is 2.65. The molecule has 0 radical (unpaired) electrons. The molecule has 0 saturated carbocycles. The smallest absolute Gasteiger partial charge is 0.238 e. The van der Waals surface area contributed by atoms with Crippen molar-refractivity contribution in [1.29, 1.82) is 0 Å². The Balaban J connectivity index is 1.40. The molecule has 0 unspecified atom stereocenters. The Labute approximate surface area is 161 Å². The van der Waals surface area contributed by atoms with Crippen LogP contribution in [0.2, 0.25) is 0 Å². The lowest BCUT2D eigenvalue weighted by molar-refractivity contribution is -0.117. The van der Waals surface area contributed by atoms with Gasteiger partial charge in [-0.15, -0.1) is 0 Å². The summed E-state index contributed by atoms with van der Waals surface area (Å²) in [6, 6.07) is 18.1. The lowest BCUT2D eigenvalue weighted by Crippen LogP contribution is -2.48. The zero-order valence-electron chi connectivity index (χ0n) is 16.2. The molecule has 27 heavy (non-hydrogen) atoms. The normalized spacial score (nSPS) is 15.7. The summed E-state index contributed by atoms with van der Waals surface area (Å²) in [6.07, 6.45) is 0.144. The summed E-state index contributed by atoms with van der Waals surface area (Å²) in [7, 11) is 0. The zero-order valence-corrected chi connectivity index (χ0v) is 16.2. The minimum Gasteiger partial charge on any atom is -0.491 e. The number of rotatable bonds is 7. The highest BCUT2D eigenvalue weighted by molar-refractivity contribution is 5.92. The Kier molecular flexibility index (Phi) is 6.85. The standard InChI is InChI=1S/C22H29N3O2/c1-18(2)27-21-10-8-20(9-11-21)23-22(26)17-25-14-12-24(13-15-25)16-19-6-4-3-5-7-19/h3-11,18H,12-17H2,1-2H3,(H,23,26). The van der Waals surface area contributed by atoms with Crippen LogP contribution in [0.25, 0.3) is 0 Å². The van der Waals surface area contributed by atoms with Crippen molar-refractivity contribution < 1.29 is 9.53 Å². The van der Waals surface area contributed by atoms with E-state index in [-0.39, 0.29) is 12.0 Å². The van der Waals surface area contributed by atoms with Crippen molar-refractivity contribution in [3.05, 3.63) is 60.2 Å². The second-order valence-corrected chi connectivity index (χ2v) is 7.28. The maximum Gasteiger partial charge on any atom is 0.238 e. The van der Waals surface area contributed by atoms with Gasteiger partial charge in [-0.05, 0) is 43.7 Å². The third-order valence-corrected chi connectivity index (χ3v) is 4.59. The van der Waals surface area contributed by atoms with Gasteiger partial charge in [0, 0.05) is 38.4 Å². The molecule has 144 valence electrons. The van der Waals surface area contributed by atoms with Gasteiger partial charge in [0.2, 0.25) is 5.91 Å². The fourth-order valence-corrected chi connectivity index (χ4v) is 3.24. The van der Waals surface area contributed by atoms with Crippen LogP contribution in [0, 0.1) is 0 Å². The van der Waals surface area contributed by atoms with E-state index in [4.69, 9.17) is 4.74 Å². The van der Waals surface area contributed by atoms with Crippen molar-refractivity contribution in [2.24, 2.45) is 0 Å². The van der Waals surface area contributed by atoms with E-state index in [0.717, 1.165) is 44.2 Å². The second-order valence-electron chi connectivity index (χ2n) is 7.28. The van der Waals surface area contributed by atoms with Gasteiger partial charge < -0.3 is 10.1 Å². The number of amides is 1. The molecule has 1 N–H and O–H groups in total. The number of hydrogen-bond donors (Lipinski definition) is 1. The number of carbonyl (C=O) groups is 1. The largest absolute Gasteiger partial charge is 0.491 e. The summed E-state index contributed by atoms with van der Waals surface area (Å²) >= 11 is 0. The van der Waals surface area contributed by atoms with Crippen molar-refractivity contribution in [3.63, 3.8) is 0 Å². The molecule has 3 rings (SSSR count). The Morgan fingerprint density at radius 2 is 1.59 bits per heavy atom. The highest BCUT2D eigenvalue weighted by atomic mass is 16.5. The molecule has 0 aliphatic carbocycles. The van der Waals surface area contributed by atoms with Crippen LogP contribution in [0.3, 0.4) is 0 Å². The number of ether oxygens (including phenoxy) is 1. The van der Waals surface area contributed by atoms with Crippen LogP contribution in [0.4, 0.5) is 5.69 Å². The molecule has 1 aliphatic rings. The summed E-state index contributed by atoms with van der Waals surface area (Å²) in [6.45, 7) is 9.22. The van der Waals surface area contributed by atoms with Crippen LogP contribution >= 0.6 is 0 Å². The van der Waals surface area contributed by atoms with E-state index in [9.17, 15) is 4.79 Å². The van der Waals surface area contributed by atoms with Gasteiger partial charge in [0.1, 0.15) is 5.75 Å². The number of nitrogens with one attached hydrogen (secondary N) is 1. The molecule has 0 spiro atoms. The Hall–Kier alpha value is -2.37. The van der Waals surface area contributed by atoms with E-state index in [0.29, 0.717) is 6.54 Å². The van der Waals surface area contributed by atoms with Crippen molar-refractivity contribution in [2.45, 2.75) is 26.5 Å². The van der Waals surface area contributed by atoms with Crippen LogP contribution in [-0.2, 0) is 11.3 Å². The molecule has 1 saturated heterocycles. The minimum atomic E-state index is 0.0315. The number of piperazine rings is 1.